The SMILES string of the molecule is COc1ccc(N2C(=S)N[C@H](c3ccccn3)[C@H]2c2c(C)[nH]c(C)c2I)cc1NC(C)=O. The number of methoxy groups -OCH3 is 1. The maximum absolute atomic E-state index is 11.8. The second-order valence-electron chi connectivity index (χ2n) is 7.67. The maximum Gasteiger partial charge on any atom is 0.221 e. The lowest BCUT2D eigenvalue weighted by molar-refractivity contribution is -0.114. The first kappa shape index (κ1) is 22.5. The Morgan fingerprint density at radius 2 is 2.03 bits per heavy atom. The van der Waals surface area contributed by atoms with Crippen LogP contribution in [0.1, 0.15) is 41.7 Å². The summed E-state index contributed by atoms with van der Waals surface area (Å²) >= 11 is 8.21. The van der Waals surface area contributed by atoms with Crippen molar-refractivity contribution in [1.29, 1.82) is 0 Å². The Labute approximate surface area is 206 Å². The van der Waals surface area contributed by atoms with Crippen LogP contribution in [0.25, 0.3) is 0 Å². The van der Waals surface area contributed by atoms with Crippen LogP contribution in [-0.4, -0.2) is 28.1 Å². The Kier molecular flexibility index (Phi) is 6.38. The topological polar surface area (TPSA) is 82.3 Å². The van der Waals surface area contributed by atoms with E-state index in [1.54, 1.807) is 13.3 Å². The fourth-order valence-electron chi connectivity index (χ4n) is 4.18. The largest absolute Gasteiger partial charge is 0.495 e. The van der Waals surface area contributed by atoms with Crippen molar-refractivity contribution >= 4 is 57.2 Å². The minimum atomic E-state index is -0.169. The number of aryl methyl sites for hydroxylation is 2. The second-order valence-corrected chi connectivity index (χ2v) is 9.13. The van der Waals surface area contributed by atoms with Crippen molar-refractivity contribution in [2.75, 3.05) is 17.3 Å². The van der Waals surface area contributed by atoms with Gasteiger partial charge in [-0.15, -0.1) is 0 Å². The molecule has 1 aromatic carbocycles. The molecule has 1 amide bonds. The molecule has 3 heterocycles. The number of benzene rings is 1. The summed E-state index contributed by atoms with van der Waals surface area (Å²) in [4.78, 5) is 21.9. The summed E-state index contributed by atoms with van der Waals surface area (Å²) in [6, 6.07) is 11.3. The van der Waals surface area contributed by atoms with E-state index in [4.69, 9.17) is 17.0 Å². The van der Waals surface area contributed by atoms with Crippen molar-refractivity contribution in [3.05, 3.63) is 68.8 Å². The Morgan fingerprint density at radius 1 is 1.25 bits per heavy atom. The van der Waals surface area contributed by atoms with Crippen molar-refractivity contribution in [1.82, 2.24) is 15.3 Å². The molecule has 0 spiro atoms. The summed E-state index contributed by atoms with van der Waals surface area (Å²) in [5.41, 5.74) is 5.73. The van der Waals surface area contributed by atoms with Crippen LogP contribution < -0.4 is 20.3 Å². The molecule has 4 rings (SSSR count). The van der Waals surface area contributed by atoms with Crippen LogP contribution in [0, 0.1) is 17.4 Å². The van der Waals surface area contributed by atoms with Gasteiger partial charge in [0.25, 0.3) is 0 Å². The van der Waals surface area contributed by atoms with E-state index in [0.717, 1.165) is 26.3 Å². The molecule has 0 saturated carbocycles. The van der Waals surface area contributed by atoms with E-state index in [2.05, 4.69) is 61.9 Å². The number of halogens is 1. The predicted molar refractivity (Wildman–Crippen MR) is 138 cm³/mol. The number of aromatic amines is 1. The smallest absolute Gasteiger partial charge is 0.221 e. The number of rotatable bonds is 5. The van der Waals surface area contributed by atoms with Crippen LogP contribution in [0.15, 0.2) is 42.6 Å². The van der Waals surface area contributed by atoms with E-state index >= 15 is 0 Å². The van der Waals surface area contributed by atoms with Crippen molar-refractivity contribution in [3.8, 4) is 5.75 Å². The monoisotopic (exact) mass is 561 g/mol. The van der Waals surface area contributed by atoms with Gasteiger partial charge >= 0.3 is 0 Å². The van der Waals surface area contributed by atoms with Gasteiger partial charge in [0.05, 0.1) is 30.6 Å². The molecule has 1 fully saturated rings. The number of anilines is 2. The standard InChI is InChI=1S/C23H24IN5O2S/c1-12-19(20(24)13(2)26-12)22-21(16-7-5-6-10-25-16)28-23(32)29(22)15-8-9-18(31-4)17(11-15)27-14(3)30/h5-11,21-22,26H,1-4H3,(H,27,30)(H,28,32)/t21-,22-/m1/s1. The number of nitrogens with one attached hydrogen (secondary N) is 3. The molecule has 1 saturated heterocycles. The average Bonchev–Trinajstić information content (AvgIpc) is 3.22. The van der Waals surface area contributed by atoms with E-state index in [1.165, 1.54) is 12.5 Å². The van der Waals surface area contributed by atoms with Gasteiger partial charge in [-0.05, 0) is 79.0 Å². The van der Waals surface area contributed by atoms with Gasteiger partial charge in [0, 0.05) is 39.3 Å². The number of pyridine rings is 1. The van der Waals surface area contributed by atoms with Crippen LogP contribution in [0.4, 0.5) is 11.4 Å². The minimum Gasteiger partial charge on any atom is -0.495 e. The minimum absolute atomic E-state index is 0.132. The number of thiocarbonyl (C=S) groups is 1. The fourth-order valence-corrected chi connectivity index (χ4v) is 5.39. The lowest BCUT2D eigenvalue weighted by atomic mass is 9.96. The molecule has 1 aliphatic rings. The average molecular weight is 561 g/mol. The van der Waals surface area contributed by atoms with Gasteiger partial charge < -0.3 is 25.3 Å². The fraction of sp³-hybridized carbons (Fsp3) is 0.261. The lowest BCUT2D eigenvalue weighted by Crippen LogP contribution is -2.30. The first-order valence-electron chi connectivity index (χ1n) is 10.1. The number of aromatic nitrogens is 2. The highest BCUT2D eigenvalue weighted by Crippen LogP contribution is 2.45. The quantitative estimate of drug-likeness (QED) is 0.308. The molecule has 3 N–H and O–H groups in total. The van der Waals surface area contributed by atoms with Crippen LogP contribution in [-0.2, 0) is 4.79 Å². The molecule has 0 unspecified atom stereocenters. The summed E-state index contributed by atoms with van der Waals surface area (Å²) < 4.78 is 6.60. The Balaban J connectivity index is 1.88. The number of hydrogen-bond acceptors (Lipinski definition) is 4. The molecule has 0 bridgehead atoms. The molecule has 2 aromatic heterocycles. The van der Waals surface area contributed by atoms with Crippen LogP contribution in [0.5, 0.6) is 5.75 Å². The predicted octanol–water partition coefficient (Wildman–Crippen LogP) is 4.78. The van der Waals surface area contributed by atoms with Crippen LogP contribution in [0.2, 0.25) is 0 Å². The molecule has 166 valence electrons. The van der Waals surface area contributed by atoms with Crippen molar-refractivity contribution in [3.63, 3.8) is 0 Å². The van der Waals surface area contributed by atoms with E-state index in [9.17, 15) is 4.79 Å². The van der Waals surface area contributed by atoms with Gasteiger partial charge in [0.15, 0.2) is 5.11 Å². The van der Waals surface area contributed by atoms with Gasteiger partial charge in [-0.3, -0.25) is 9.78 Å². The molecular formula is C23H24IN5O2S. The van der Waals surface area contributed by atoms with Gasteiger partial charge in [0.1, 0.15) is 5.75 Å². The summed E-state index contributed by atoms with van der Waals surface area (Å²) in [6.45, 7) is 5.63. The van der Waals surface area contributed by atoms with Gasteiger partial charge in [-0.25, -0.2) is 0 Å². The molecule has 2 atom stereocenters. The van der Waals surface area contributed by atoms with Crippen molar-refractivity contribution < 1.29 is 9.53 Å². The molecule has 32 heavy (non-hydrogen) atoms. The first-order chi connectivity index (χ1) is 15.3. The van der Waals surface area contributed by atoms with Crippen molar-refractivity contribution in [2.24, 2.45) is 0 Å². The van der Waals surface area contributed by atoms with E-state index < -0.39 is 0 Å². The Bertz CT molecular complexity index is 1180. The highest BCUT2D eigenvalue weighted by molar-refractivity contribution is 14.1. The van der Waals surface area contributed by atoms with E-state index in [-0.39, 0.29) is 18.0 Å². The number of carbonyl (C=O) groups is 1. The zero-order chi connectivity index (χ0) is 23.0. The zero-order valence-electron chi connectivity index (χ0n) is 18.2. The number of nitrogens with zero attached hydrogens (tertiary/aromatic N) is 2. The highest BCUT2D eigenvalue weighted by atomic mass is 127. The third-order valence-corrected chi connectivity index (χ3v) is 7.22. The van der Waals surface area contributed by atoms with Crippen LogP contribution >= 0.6 is 34.8 Å². The van der Waals surface area contributed by atoms with Gasteiger partial charge in [-0.2, -0.15) is 0 Å². The number of amides is 1. The van der Waals surface area contributed by atoms with Gasteiger partial charge in [0.2, 0.25) is 5.91 Å². The van der Waals surface area contributed by atoms with Gasteiger partial charge in [-0.1, -0.05) is 6.07 Å². The number of H-pyrrole nitrogens is 1. The Hall–Kier alpha value is -2.66. The molecule has 3 aromatic rings. The molecule has 1 aliphatic heterocycles. The number of hydrogen-bond donors (Lipinski definition) is 3. The molecular weight excluding hydrogens is 537 g/mol. The normalized spacial score (nSPS) is 17.9. The van der Waals surface area contributed by atoms with Crippen LogP contribution in [0.3, 0.4) is 0 Å². The third kappa shape index (κ3) is 4.06. The molecule has 9 heteroatoms. The third-order valence-electron chi connectivity index (χ3n) is 5.51. The highest BCUT2D eigenvalue weighted by Gasteiger charge is 2.43. The van der Waals surface area contributed by atoms with Crippen molar-refractivity contribution in [2.45, 2.75) is 32.9 Å². The maximum atomic E-state index is 11.8. The molecule has 0 aliphatic carbocycles. The van der Waals surface area contributed by atoms with E-state index in [1.807, 2.05) is 36.4 Å². The second kappa shape index (κ2) is 9.07. The molecule has 7 nitrogen and oxygen atoms in total. The summed E-state index contributed by atoms with van der Waals surface area (Å²) in [6.07, 6.45) is 1.79. The lowest BCUT2D eigenvalue weighted by Gasteiger charge is -2.29. The Morgan fingerprint density at radius 3 is 2.62 bits per heavy atom. The summed E-state index contributed by atoms with van der Waals surface area (Å²) in [7, 11) is 1.58. The first-order valence-corrected chi connectivity index (χ1v) is 11.6. The zero-order valence-corrected chi connectivity index (χ0v) is 21.2. The molecule has 0 radical (unpaired) electrons. The summed E-state index contributed by atoms with van der Waals surface area (Å²) in [5, 5.41) is 6.93. The number of carbonyl (C=O) groups excluding carboxylic acids is 1. The summed E-state index contributed by atoms with van der Waals surface area (Å²) in [5.74, 6) is 0.417. The number of ether oxygens (including phenoxy) is 1. The van der Waals surface area contributed by atoms with E-state index in [0.29, 0.717) is 16.5 Å².